The van der Waals surface area contributed by atoms with E-state index in [9.17, 15) is 9.59 Å². The Morgan fingerprint density at radius 3 is 2.38 bits per heavy atom. The molecule has 2 aromatic rings. The number of rotatable bonds is 6. The van der Waals surface area contributed by atoms with Gasteiger partial charge in [0.25, 0.3) is 5.91 Å². The minimum atomic E-state index is -0.294. The highest BCUT2D eigenvalue weighted by molar-refractivity contribution is 6.34. The number of halogens is 1. The largest absolute Gasteiger partial charge is 0.484 e. The Hall–Kier alpha value is -2.33. The normalized spacial score (nSPS) is 10.3. The van der Waals surface area contributed by atoms with Gasteiger partial charge in [0.15, 0.2) is 12.4 Å². The summed E-state index contributed by atoms with van der Waals surface area (Å²) in [6.07, 6.45) is 0.458. The van der Waals surface area contributed by atoms with Crippen molar-refractivity contribution < 1.29 is 14.3 Å². The molecule has 0 aliphatic heterocycles. The summed E-state index contributed by atoms with van der Waals surface area (Å²) >= 11 is 6.17. The number of nitrogens with one attached hydrogen (secondary N) is 1. The Balaban J connectivity index is 1.95. The lowest BCUT2D eigenvalue weighted by Crippen LogP contribution is -2.21. The average Bonchev–Trinajstić information content (AvgIpc) is 2.56. The molecule has 0 aromatic heterocycles. The van der Waals surface area contributed by atoms with Gasteiger partial charge in [-0.15, -0.1) is 0 Å². The summed E-state index contributed by atoms with van der Waals surface area (Å²) < 4.78 is 5.45. The number of aryl methyl sites for hydroxylation is 2. The van der Waals surface area contributed by atoms with Crippen molar-refractivity contribution in [2.24, 2.45) is 0 Å². The van der Waals surface area contributed by atoms with Gasteiger partial charge in [0.2, 0.25) is 0 Å². The van der Waals surface area contributed by atoms with Gasteiger partial charge in [0.05, 0.1) is 10.7 Å². The number of carbonyl (C=O) groups excluding carboxylic acids is 2. The number of carbonyl (C=O) groups is 2. The lowest BCUT2D eigenvalue weighted by Gasteiger charge is -2.12. The van der Waals surface area contributed by atoms with Crippen molar-refractivity contribution in [3.05, 3.63) is 58.1 Å². The molecule has 4 nitrogen and oxygen atoms in total. The molecule has 0 bridgehead atoms. The zero-order valence-electron chi connectivity index (χ0n) is 14.0. The van der Waals surface area contributed by atoms with E-state index in [1.165, 1.54) is 0 Å². The monoisotopic (exact) mass is 345 g/mol. The molecular weight excluding hydrogens is 326 g/mol. The third-order valence-corrected chi connectivity index (χ3v) is 3.86. The molecule has 0 unspecified atom stereocenters. The third kappa shape index (κ3) is 4.59. The number of ether oxygens (including phenoxy) is 1. The van der Waals surface area contributed by atoms with Crippen LogP contribution in [0.2, 0.25) is 5.02 Å². The molecule has 2 aromatic carbocycles. The van der Waals surface area contributed by atoms with Gasteiger partial charge in [-0.1, -0.05) is 24.6 Å². The minimum Gasteiger partial charge on any atom is -0.484 e. The van der Waals surface area contributed by atoms with E-state index in [4.69, 9.17) is 16.3 Å². The Bertz CT molecular complexity index is 731. The molecule has 1 N–H and O–H groups in total. The molecule has 5 heteroatoms. The van der Waals surface area contributed by atoms with Crippen LogP contribution in [0.3, 0.4) is 0 Å². The number of benzene rings is 2. The number of anilines is 1. The molecule has 0 fully saturated rings. The standard InChI is InChI=1S/C19H20ClNO3/c1-4-17(22)14-5-7-15(8-6-14)24-11-18(23)21-19-13(3)9-12(2)10-16(19)20/h5-10H,4,11H2,1-3H3,(H,21,23). The van der Waals surface area contributed by atoms with E-state index in [-0.39, 0.29) is 18.3 Å². The molecule has 24 heavy (non-hydrogen) atoms. The van der Waals surface area contributed by atoms with Crippen LogP contribution in [0.1, 0.15) is 34.8 Å². The second-order valence-electron chi connectivity index (χ2n) is 5.58. The lowest BCUT2D eigenvalue weighted by molar-refractivity contribution is -0.118. The zero-order valence-corrected chi connectivity index (χ0v) is 14.7. The molecule has 0 heterocycles. The maximum atomic E-state index is 12.0. The van der Waals surface area contributed by atoms with Crippen LogP contribution in [0.5, 0.6) is 5.75 Å². The highest BCUT2D eigenvalue weighted by Crippen LogP contribution is 2.27. The highest BCUT2D eigenvalue weighted by atomic mass is 35.5. The first-order chi connectivity index (χ1) is 11.4. The molecule has 0 spiro atoms. The molecule has 0 aliphatic carbocycles. The summed E-state index contributed by atoms with van der Waals surface area (Å²) in [4.78, 5) is 23.6. The fourth-order valence-electron chi connectivity index (χ4n) is 2.34. The van der Waals surface area contributed by atoms with E-state index >= 15 is 0 Å². The Kier molecular flexibility index (Phi) is 5.99. The number of Topliss-reactive ketones (excluding diaryl/α,β-unsaturated/α-hetero) is 1. The first-order valence-electron chi connectivity index (χ1n) is 7.73. The van der Waals surface area contributed by atoms with Crippen molar-refractivity contribution in [3.8, 4) is 5.75 Å². The van der Waals surface area contributed by atoms with Gasteiger partial charge in [-0.25, -0.2) is 0 Å². The molecular formula is C19H20ClNO3. The van der Waals surface area contributed by atoms with E-state index in [1.807, 2.05) is 26.8 Å². The number of ketones is 1. The van der Waals surface area contributed by atoms with Gasteiger partial charge in [0, 0.05) is 12.0 Å². The van der Waals surface area contributed by atoms with E-state index in [1.54, 1.807) is 30.3 Å². The van der Waals surface area contributed by atoms with Crippen LogP contribution in [0.4, 0.5) is 5.69 Å². The first-order valence-corrected chi connectivity index (χ1v) is 8.11. The number of hydrogen-bond donors (Lipinski definition) is 1. The van der Waals surface area contributed by atoms with Crippen LogP contribution in [-0.4, -0.2) is 18.3 Å². The van der Waals surface area contributed by atoms with Crippen molar-refractivity contribution in [2.45, 2.75) is 27.2 Å². The summed E-state index contributed by atoms with van der Waals surface area (Å²) in [7, 11) is 0. The smallest absolute Gasteiger partial charge is 0.262 e. The fraction of sp³-hybridized carbons (Fsp3) is 0.263. The molecule has 0 aliphatic rings. The van der Waals surface area contributed by atoms with Crippen LogP contribution in [0.15, 0.2) is 36.4 Å². The van der Waals surface area contributed by atoms with Crippen LogP contribution < -0.4 is 10.1 Å². The second-order valence-corrected chi connectivity index (χ2v) is 5.98. The zero-order chi connectivity index (χ0) is 17.7. The van der Waals surface area contributed by atoms with Crippen LogP contribution in [0.25, 0.3) is 0 Å². The van der Waals surface area contributed by atoms with Crippen molar-refractivity contribution in [2.75, 3.05) is 11.9 Å². The summed E-state index contributed by atoms with van der Waals surface area (Å²) in [5.74, 6) is 0.311. The maximum Gasteiger partial charge on any atom is 0.262 e. The highest BCUT2D eigenvalue weighted by Gasteiger charge is 2.10. The van der Waals surface area contributed by atoms with Crippen molar-refractivity contribution in [1.82, 2.24) is 0 Å². The second kappa shape index (κ2) is 7.97. The summed E-state index contributed by atoms with van der Waals surface area (Å²) in [5.41, 5.74) is 3.17. The van der Waals surface area contributed by atoms with Crippen LogP contribution in [0, 0.1) is 13.8 Å². The quantitative estimate of drug-likeness (QED) is 0.780. The third-order valence-electron chi connectivity index (χ3n) is 3.56. The SMILES string of the molecule is CCC(=O)c1ccc(OCC(=O)Nc2c(C)cc(C)cc2Cl)cc1. The first kappa shape index (κ1) is 18.0. The van der Waals surface area contributed by atoms with E-state index in [0.29, 0.717) is 28.4 Å². The van der Waals surface area contributed by atoms with Crippen LogP contribution >= 0.6 is 11.6 Å². The minimum absolute atomic E-state index is 0.0729. The van der Waals surface area contributed by atoms with Crippen molar-refractivity contribution in [3.63, 3.8) is 0 Å². The Morgan fingerprint density at radius 2 is 1.79 bits per heavy atom. The Labute approximate surface area is 146 Å². The van der Waals surface area contributed by atoms with Crippen molar-refractivity contribution in [1.29, 1.82) is 0 Å². The van der Waals surface area contributed by atoms with Gasteiger partial charge in [-0.05, 0) is 55.3 Å². The van der Waals surface area contributed by atoms with Crippen LogP contribution in [-0.2, 0) is 4.79 Å². The molecule has 0 radical (unpaired) electrons. The molecule has 126 valence electrons. The predicted molar refractivity (Wildman–Crippen MR) is 96.1 cm³/mol. The topological polar surface area (TPSA) is 55.4 Å². The van der Waals surface area contributed by atoms with Crippen molar-refractivity contribution >= 4 is 29.0 Å². The van der Waals surface area contributed by atoms with E-state index in [2.05, 4.69) is 5.32 Å². The van der Waals surface area contributed by atoms with E-state index in [0.717, 1.165) is 11.1 Å². The van der Waals surface area contributed by atoms with E-state index < -0.39 is 0 Å². The summed E-state index contributed by atoms with van der Waals surface area (Å²) in [6, 6.07) is 10.5. The molecule has 0 saturated carbocycles. The number of hydrogen-bond acceptors (Lipinski definition) is 3. The number of amides is 1. The lowest BCUT2D eigenvalue weighted by atomic mass is 10.1. The molecule has 2 rings (SSSR count). The molecule has 0 atom stereocenters. The fourth-order valence-corrected chi connectivity index (χ4v) is 2.71. The van der Waals surface area contributed by atoms with Gasteiger partial charge in [-0.3, -0.25) is 9.59 Å². The Morgan fingerprint density at radius 1 is 1.12 bits per heavy atom. The van der Waals surface area contributed by atoms with Gasteiger partial charge in [-0.2, -0.15) is 0 Å². The molecule has 1 amide bonds. The average molecular weight is 346 g/mol. The molecule has 0 saturated heterocycles. The maximum absolute atomic E-state index is 12.0. The summed E-state index contributed by atoms with van der Waals surface area (Å²) in [5, 5.41) is 3.27. The van der Waals surface area contributed by atoms with Gasteiger partial charge in [0.1, 0.15) is 5.75 Å². The van der Waals surface area contributed by atoms with Gasteiger partial charge >= 0.3 is 0 Å². The van der Waals surface area contributed by atoms with Gasteiger partial charge < -0.3 is 10.1 Å². The summed E-state index contributed by atoms with van der Waals surface area (Å²) in [6.45, 7) is 5.51. The predicted octanol–water partition coefficient (Wildman–Crippen LogP) is 4.57.